The van der Waals surface area contributed by atoms with Gasteiger partial charge in [-0.1, -0.05) is 43.5 Å². The van der Waals surface area contributed by atoms with Gasteiger partial charge in [-0.15, -0.1) is 0 Å². The van der Waals surface area contributed by atoms with Crippen LogP contribution in [0.25, 0.3) is 5.57 Å². The zero-order valence-corrected chi connectivity index (χ0v) is 15.6. The molecule has 2 N–H and O–H groups in total. The summed E-state index contributed by atoms with van der Waals surface area (Å²) >= 11 is 0. The topological polar surface area (TPSA) is 39.7 Å². The van der Waals surface area contributed by atoms with Crippen molar-refractivity contribution in [2.75, 3.05) is 26.7 Å². The first-order chi connectivity index (χ1) is 12.7. The largest absolute Gasteiger partial charge is 0.383 e. The summed E-state index contributed by atoms with van der Waals surface area (Å²) in [5.41, 5.74) is 5.26. The van der Waals surface area contributed by atoms with Crippen molar-refractivity contribution < 1.29 is 0 Å². The molecule has 136 valence electrons. The number of benzene rings is 1. The van der Waals surface area contributed by atoms with Gasteiger partial charge >= 0.3 is 0 Å². The van der Waals surface area contributed by atoms with Gasteiger partial charge in [-0.2, -0.15) is 0 Å². The molecule has 0 unspecified atom stereocenters. The maximum Gasteiger partial charge on any atom is 0.140 e. The van der Waals surface area contributed by atoms with Crippen molar-refractivity contribution in [3.8, 4) is 0 Å². The summed E-state index contributed by atoms with van der Waals surface area (Å²) in [4.78, 5) is 6.89. The van der Waals surface area contributed by atoms with Crippen LogP contribution in [0.4, 0.5) is 0 Å². The van der Waals surface area contributed by atoms with Crippen LogP contribution in [-0.4, -0.2) is 37.3 Å². The van der Waals surface area contributed by atoms with Gasteiger partial charge in [0.25, 0.3) is 0 Å². The summed E-state index contributed by atoms with van der Waals surface area (Å²) in [6.45, 7) is 11.0. The number of aliphatic imine (C=N–C) groups is 1. The van der Waals surface area contributed by atoms with Gasteiger partial charge < -0.3 is 15.5 Å². The highest BCUT2D eigenvalue weighted by atomic mass is 15.2. The van der Waals surface area contributed by atoms with Crippen LogP contribution in [0.5, 0.6) is 0 Å². The van der Waals surface area contributed by atoms with Crippen molar-refractivity contribution in [1.29, 1.82) is 0 Å². The minimum absolute atomic E-state index is 0.841. The maximum absolute atomic E-state index is 4.86. The van der Waals surface area contributed by atoms with E-state index in [1.807, 2.05) is 30.3 Å². The summed E-state index contributed by atoms with van der Waals surface area (Å²) in [7, 11) is 2.01. The Bertz CT molecular complexity index is 770. The zero-order chi connectivity index (χ0) is 18.4. The lowest BCUT2D eigenvalue weighted by molar-refractivity contribution is 0.560. The molecule has 1 aromatic rings. The minimum atomic E-state index is 0.841. The molecule has 0 amide bonds. The van der Waals surface area contributed by atoms with Gasteiger partial charge in [0.2, 0.25) is 0 Å². The second-order valence-electron chi connectivity index (χ2n) is 6.68. The monoisotopic (exact) mass is 348 g/mol. The molecule has 0 atom stereocenters. The summed E-state index contributed by atoms with van der Waals surface area (Å²) in [6, 6.07) is 8.72. The van der Waals surface area contributed by atoms with Gasteiger partial charge in [-0.3, -0.25) is 0 Å². The van der Waals surface area contributed by atoms with Crippen molar-refractivity contribution in [3.05, 3.63) is 78.4 Å². The number of fused-ring (bicyclic) bond motifs is 3. The van der Waals surface area contributed by atoms with E-state index in [0.717, 1.165) is 54.4 Å². The number of allylic oxidation sites excluding steroid dienone is 3. The van der Waals surface area contributed by atoms with Gasteiger partial charge in [-0.25, -0.2) is 4.99 Å². The van der Waals surface area contributed by atoms with E-state index in [1.165, 1.54) is 18.4 Å². The van der Waals surface area contributed by atoms with E-state index in [2.05, 4.69) is 48.1 Å². The van der Waals surface area contributed by atoms with Crippen LogP contribution in [0.3, 0.4) is 0 Å². The highest BCUT2D eigenvalue weighted by molar-refractivity contribution is 6.09. The first-order valence-electron chi connectivity index (χ1n) is 9.28. The van der Waals surface area contributed by atoms with E-state index in [1.54, 1.807) is 0 Å². The van der Waals surface area contributed by atoms with E-state index in [4.69, 9.17) is 4.99 Å². The smallest absolute Gasteiger partial charge is 0.140 e. The number of nitrogens with one attached hydrogen (secondary N) is 2. The number of nitrogens with zero attached hydrogens (tertiary/aromatic N) is 2. The Morgan fingerprint density at radius 2 is 2.08 bits per heavy atom. The van der Waals surface area contributed by atoms with E-state index < -0.39 is 0 Å². The first-order valence-corrected chi connectivity index (χ1v) is 9.28. The predicted octanol–water partition coefficient (Wildman–Crippen LogP) is 3.47. The normalized spacial score (nSPS) is 21.8. The van der Waals surface area contributed by atoms with Crippen LogP contribution in [0.1, 0.15) is 24.0 Å². The molecule has 0 spiro atoms. The summed E-state index contributed by atoms with van der Waals surface area (Å²) < 4.78 is 0. The summed E-state index contributed by atoms with van der Waals surface area (Å²) in [5, 5.41) is 6.85. The third-order valence-electron chi connectivity index (χ3n) is 4.72. The fourth-order valence-electron chi connectivity index (χ4n) is 3.23. The molecule has 4 heteroatoms. The van der Waals surface area contributed by atoms with E-state index in [9.17, 15) is 0 Å². The van der Waals surface area contributed by atoms with Crippen LogP contribution in [0.15, 0.2) is 72.3 Å². The molecule has 1 aromatic carbocycles. The summed E-state index contributed by atoms with van der Waals surface area (Å²) in [6.07, 6.45) is 9.37. The van der Waals surface area contributed by atoms with Crippen LogP contribution in [0, 0.1) is 0 Å². The Balaban J connectivity index is 2.03. The molecular formula is C22H28N4. The van der Waals surface area contributed by atoms with Gasteiger partial charge in [0.15, 0.2) is 0 Å². The summed E-state index contributed by atoms with van der Waals surface area (Å²) in [5.74, 6) is 0.891. The number of aryl methyl sites for hydroxylation is 1. The van der Waals surface area contributed by atoms with Crippen LogP contribution < -0.4 is 10.6 Å². The highest BCUT2D eigenvalue weighted by Crippen LogP contribution is 2.26. The van der Waals surface area contributed by atoms with Gasteiger partial charge in [0.1, 0.15) is 5.82 Å². The molecule has 2 heterocycles. The molecule has 0 saturated carbocycles. The Labute approximate surface area is 156 Å². The average Bonchev–Trinajstić information content (AvgIpc) is 2.65. The number of hydrogen-bond donors (Lipinski definition) is 2. The SMILES string of the molecule is C=C/C1=C2/N=C(C=CN2C)C(=C)NCCNCCCCc2cccc1c2. The highest BCUT2D eigenvalue weighted by Gasteiger charge is 2.16. The first kappa shape index (κ1) is 18.2. The Morgan fingerprint density at radius 3 is 2.92 bits per heavy atom. The minimum Gasteiger partial charge on any atom is -0.383 e. The van der Waals surface area contributed by atoms with Crippen molar-refractivity contribution >= 4 is 11.3 Å². The Morgan fingerprint density at radius 1 is 1.19 bits per heavy atom. The third-order valence-corrected chi connectivity index (χ3v) is 4.72. The molecule has 2 aliphatic rings. The van der Waals surface area contributed by atoms with Gasteiger partial charge in [-0.05, 0) is 43.0 Å². The number of hydrogen-bond acceptors (Lipinski definition) is 4. The van der Waals surface area contributed by atoms with Crippen LogP contribution in [-0.2, 0) is 6.42 Å². The van der Waals surface area contributed by atoms with Crippen molar-refractivity contribution in [1.82, 2.24) is 15.5 Å². The molecule has 0 saturated heterocycles. The predicted molar refractivity (Wildman–Crippen MR) is 111 cm³/mol. The van der Waals surface area contributed by atoms with Crippen molar-refractivity contribution in [3.63, 3.8) is 0 Å². The molecule has 2 aliphatic heterocycles. The Hall–Kier alpha value is -2.59. The second kappa shape index (κ2) is 8.68. The van der Waals surface area contributed by atoms with Crippen molar-refractivity contribution in [2.45, 2.75) is 19.3 Å². The Kier molecular flexibility index (Phi) is 6.08. The molecule has 0 fully saturated rings. The molecule has 4 nitrogen and oxygen atoms in total. The van der Waals surface area contributed by atoms with Gasteiger partial charge in [0, 0.05) is 31.9 Å². The van der Waals surface area contributed by atoms with Crippen LogP contribution in [0.2, 0.25) is 0 Å². The van der Waals surface area contributed by atoms with E-state index >= 15 is 0 Å². The molecule has 0 aromatic heterocycles. The fourth-order valence-corrected chi connectivity index (χ4v) is 3.23. The maximum atomic E-state index is 4.86. The average molecular weight is 348 g/mol. The molecule has 4 bridgehead atoms. The van der Waals surface area contributed by atoms with Crippen LogP contribution >= 0.6 is 0 Å². The third kappa shape index (κ3) is 4.33. The van der Waals surface area contributed by atoms with Gasteiger partial charge in [0.05, 0.1) is 11.4 Å². The lowest BCUT2D eigenvalue weighted by Crippen LogP contribution is -2.30. The quantitative estimate of drug-likeness (QED) is 0.816. The lowest BCUT2D eigenvalue weighted by atomic mass is 9.99. The van der Waals surface area contributed by atoms with Crippen molar-refractivity contribution in [2.24, 2.45) is 4.99 Å². The van der Waals surface area contributed by atoms with E-state index in [0.29, 0.717) is 0 Å². The molecule has 26 heavy (non-hydrogen) atoms. The van der Waals surface area contributed by atoms with E-state index in [-0.39, 0.29) is 0 Å². The molecule has 0 radical (unpaired) electrons. The zero-order valence-electron chi connectivity index (χ0n) is 15.6. The second-order valence-corrected chi connectivity index (χ2v) is 6.68. The standard InChI is InChI=1S/C22H28N4/c1-4-20-19-10-7-9-18(16-19)8-5-6-12-23-13-14-24-17(2)21-11-15-26(3)22(20)25-21/h4,7,9-11,15-16,23-24H,1-2,5-6,8,12-14H2,3H3/b22-20+. The number of rotatable bonds is 1. The molecule has 3 rings (SSSR count). The fraction of sp³-hybridized carbons (Fsp3) is 0.318. The molecular weight excluding hydrogens is 320 g/mol. The molecule has 0 aliphatic carbocycles. The lowest BCUT2D eigenvalue weighted by Gasteiger charge is -2.24.